The van der Waals surface area contributed by atoms with Crippen LogP contribution in [-0.4, -0.2) is 12.5 Å². The lowest BCUT2D eigenvalue weighted by Gasteiger charge is -2.37. The van der Waals surface area contributed by atoms with Crippen molar-refractivity contribution in [1.82, 2.24) is 5.32 Å². The summed E-state index contributed by atoms with van der Waals surface area (Å²) in [5, 5.41) is 3.03. The molecular formula is C12H16N2O. The summed E-state index contributed by atoms with van der Waals surface area (Å²) in [4.78, 5) is 11.4. The number of benzene rings is 1. The van der Waals surface area contributed by atoms with E-state index in [2.05, 4.69) is 5.32 Å². The molecule has 3 nitrogen and oxygen atoms in total. The molecule has 0 aromatic heterocycles. The summed E-state index contributed by atoms with van der Waals surface area (Å²) in [6.45, 7) is 0.461. The van der Waals surface area contributed by atoms with Crippen LogP contribution in [0.5, 0.6) is 0 Å². The number of nitrogens with one attached hydrogen (secondary N) is 1. The third-order valence-electron chi connectivity index (χ3n) is 3.06. The van der Waals surface area contributed by atoms with Gasteiger partial charge < -0.3 is 11.1 Å². The number of nitrogens with two attached hydrogens (primary N) is 1. The molecule has 1 heterocycles. The molecule has 1 aliphatic rings. The average Bonchev–Trinajstić information content (AvgIpc) is 2.30. The molecule has 1 aromatic rings. The van der Waals surface area contributed by atoms with Crippen LogP contribution in [0.3, 0.4) is 0 Å². The Morgan fingerprint density at radius 2 is 2.07 bits per heavy atom. The molecule has 1 fully saturated rings. The first kappa shape index (κ1) is 10.2. The van der Waals surface area contributed by atoms with E-state index >= 15 is 0 Å². The van der Waals surface area contributed by atoms with Gasteiger partial charge in [0.2, 0.25) is 5.91 Å². The van der Waals surface area contributed by atoms with Crippen LogP contribution in [0, 0.1) is 0 Å². The third-order valence-corrected chi connectivity index (χ3v) is 3.06. The van der Waals surface area contributed by atoms with Crippen LogP contribution in [0.15, 0.2) is 30.3 Å². The first-order chi connectivity index (χ1) is 7.27. The van der Waals surface area contributed by atoms with Crippen molar-refractivity contribution in [2.75, 3.05) is 6.54 Å². The van der Waals surface area contributed by atoms with Gasteiger partial charge in [-0.3, -0.25) is 4.79 Å². The predicted molar refractivity (Wildman–Crippen MR) is 59.2 cm³/mol. The number of carbonyl (C=O) groups is 1. The fourth-order valence-corrected chi connectivity index (χ4v) is 2.19. The van der Waals surface area contributed by atoms with Crippen molar-refractivity contribution in [3.8, 4) is 0 Å². The molecule has 0 radical (unpaired) electrons. The third kappa shape index (κ3) is 1.88. The molecule has 2 rings (SSSR count). The molecule has 1 saturated heterocycles. The van der Waals surface area contributed by atoms with Gasteiger partial charge in [-0.05, 0) is 18.4 Å². The topological polar surface area (TPSA) is 55.1 Å². The van der Waals surface area contributed by atoms with Crippen molar-refractivity contribution in [3.05, 3.63) is 35.9 Å². The maximum Gasteiger partial charge on any atom is 0.220 e. The average molecular weight is 204 g/mol. The van der Waals surface area contributed by atoms with Crippen LogP contribution < -0.4 is 11.1 Å². The second-order valence-corrected chi connectivity index (χ2v) is 4.05. The molecule has 1 aromatic carbocycles. The van der Waals surface area contributed by atoms with E-state index in [-0.39, 0.29) is 11.4 Å². The summed E-state index contributed by atoms with van der Waals surface area (Å²) in [6, 6.07) is 9.98. The monoisotopic (exact) mass is 204 g/mol. The molecule has 1 amide bonds. The highest BCUT2D eigenvalue weighted by Gasteiger charge is 2.34. The van der Waals surface area contributed by atoms with Gasteiger partial charge in [0, 0.05) is 13.0 Å². The minimum Gasteiger partial charge on any atom is -0.345 e. The molecule has 3 N–H and O–H groups in total. The van der Waals surface area contributed by atoms with Gasteiger partial charge in [0.1, 0.15) is 0 Å². The smallest absolute Gasteiger partial charge is 0.220 e. The van der Waals surface area contributed by atoms with Gasteiger partial charge in [-0.1, -0.05) is 30.3 Å². The van der Waals surface area contributed by atoms with E-state index < -0.39 is 0 Å². The SMILES string of the molecule is NCC1(c2ccccc2)CCCC(=O)N1. The Bertz CT molecular complexity index is 350. The lowest BCUT2D eigenvalue weighted by Crippen LogP contribution is -2.53. The standard InChI is InChI=1S/C12H16N2O/c13-9-12(8-4-7-11(15)14-12)10-5-2-1-3-6-10/h1-3,5-6H,4,7-9,13H2,(H,14,15). The Labute approximate surface area is 89.7 Å². The highest BCUT2D eigenvalue weighted by atomic mass is 16.1. The first-order valence-corrected chi connectivity index (χ1v) is 5.33. The van der Waals surface area contributed by atoms with Gasteiger partial charge in [0.25, 0.3) is 0 Å². The van der Waals surface area contributed by atoms with E-state index in [0.29, 0.717) is 13.0 Å². The Morgan fingerprint density at radius 3 is 2.67 bits per heavy atom. The van der Waals surface area contributed by atoms with Crippen LogP contribution in [0.2, 0.25) is 0 Å². The van der Waals surface area contributed by atoms with Crippen LogP contribution in [0.25, 0.3) is 0 Å². The van der Waals surface area contributed by atoms with Gasteiger partial charge in [-0.25, -0.2) is 0 Å². The zero-order valence-corrected chi connectivity index (χ0v) is 8.70. The summed E-state index contributed by atoms with van der Waals surface area (Å²) >= 11 is 0. The first-order valence-electron chi connectivity index (χ1n) is 5.33. The normalized spacial score (nSPS) is 26.1. The molecule has 0 saturated carbocycles. The van der Waals surface area contributed by atoms with Gasteiger partial charge in [0.15, 0.2) is 0 Å². The summed E-state index contributed by atoms with van der Waals surface area (Å²) in [6.07, 6.45) is 2.46. The second kappa shape index (κ2) is 4.03. The van der Waals surface area contributed by atoms with E-state index in [0.717, 1.165) is 18.4 Å². The molecule has 0 spiro atoms. The zero-order valence-electron chi connectivity index (χ0n) is 8.70. The van der Waals surface area contributed by atoms with E-state index in [1.54, 1.807) is 0 Å². The highest BCUT2D eigenvalue weighted by molar-refractivity contribution is 5.78. The van der Waals surface area contributed by atoms with Crippen molar-refractivity contribution < 1.29 is 4.79 Å². The van der Waals surface area contributed by atoms with Crippen LogP contribution >= 0.6 is 0 Å². The second-order valence-electron chi connectivity index (χ2n) is 4.05. The highest BCUT2D eigenvalue weighted by Crippen LogP contribution is 2.29. The number of amides is 1. The number of hydrogen-bond acceptors (Lipinski definition) is 2. The minimum atomic E-state index is -0.337. The fraction of sp³-hybridized carbons (Fsp3) is 0.417. The lowest BCUT2D eigenvalue weighted by atomic mass is 9.82. The van der Waals surface area contributed by atoms with Crippen molar-refractivity contribution in [2.24, 2.45) is 5.73 Å². The molecule has 1 atom stereocenters. The van der Waals surface area contributed by atoms with Crippen LogP contribution in [0.1, 0.15) is 24.8 Å². The van der Waals surface area contributed by atoms with Crippen LogP contribution in [0.4, 0.5) is 0 Å². The molecule has 1 aliphatic heterocycles. The predicted octanol–water partition coefficient (Wildman–Crippen LogP) is 1.14. The van der Waals surface area contributed by atoms with E-state index in [4.69, 9.17) is 5.73 Å². The Kier molecular flexibility index (Phi) is 2.73. The Morgan fingerprint density at radius 1 is 1.33 bits per heavy atom. The molecular weight excluding hydrogens is 188 g/mol. The van der Waals surface area contributed by atoms with Crippen molar-refractivity contribution in [1.29, 1.82) is 0 Å². The largest absolute Gasteiger partial charge is 0.345 e. The quantitative estimate of drug-likeness (QED) is 0.759. The number of piperidine rings is 1. The molecule has 3 heteroatoms. The lowest BCUT2D eigenvalue weighted by molar-refractivity contribution is -0.125. The molecule has 0 bridgehead atoms. The number of rotatable bonds is 2. The Balaban J connectivity index is 2.32. The van der Waals surface area contributed by atoms with Crippen molar-refractivity contribution >= 4 is 5.91 Å². The maximum absolute atomic E-state index is 11.4. The number of carbonyl (C=O) groups excluding carboxylic acids is 1. The van der Waals surface area contributed by atoms with Crippen molar-refractivity contribution in [2.45, 2.75) is 24.8 Å². The molecule has 80 valence electrons. The van der Waals surface area contributed by atoms with Gasteiger partial charge in [-0.15, -0.1) is 0 Å². The van der Waals surface area contributed by atoms with Gasteiger partial charge in [-0.2, -0.15) is 0 Å². The van der Waals surface area contributed by atoms with Gasteiger partial charge >= 0.3 is 0 Å². The van der Waals surface area contributed by atoms with Crippen LogP contribution in [-0.2, 0) is 10.3 Å². The molecule has 15 heavy (non-hydrogen) atoms. The summed E-state index contributed by atoms with van der Waals surface area (Å²) in [5.74, 6) is 0.107. The Hall–Kier alpha value is -1.35. The van der Waals surface area contributed by atoms with Gasteiger partial charge in [0.05, 0.1) is 5.54 Å². The zero-order chi connectivity index (χ0) is 10.7. The van der Waals surface area contributed by atoms with E-state index in [9.17, 15) is 4.79 Å². The number of hydrogen-bond donors (Lipinski definition) is 2. The van der Waals surface area contributed by atoms with E-state index in [1.807, 2.05) is 30.3 Å². The molecule has 1 unspecified atom stereocenters. The minimum absolute atomic E-state index is 0.107. The van der Waals surface area contributed by atoms with E-state index in [1.165, 1.54) is 0 Å². The maximum atomic E-state index is 11.4. The summed E-state index contributed by atoms with van der Waals surface area (Å²) < 4.78 is 0. The summed E-state index contributed by atoms with van der Waals surface area (Å²) in [7, 11) is 0. The molecule has 0 aliphatic carbocycles. The fourth-order valence-electron chi connectivity index (χ4n) is 2.19. The summed E-state index contributed by atoms with van der Waals surface area (Å²) in [5.41, 5.74) is 6.59. The van der Waals surface area contributed by atoms with Crippen molar-refractivity contribution in [3.63, 3.8) is 0 Å².